The molecule has 12 heavy (non-hydrogen) atoms. The van der Waals surface area contributed by atoms with E-state index in [4.69, 9.17) is 22.0 Å². The van der Waals surface area contributed by atoms with Crippen LogP contribution in [-0.2, 0) is 9.13 Å². The lowest BCUT2D eigenvalue weighted by atomic mass is 11.6. The summed E-state index contributed by atoms with van der Waals surface area (Å²) >= 11 is 0.647. The van der Waals surface area contributed by atoms with Crippen molar-refractivity contribution in [3.05, 3.63) is 0 Å². The maximum absolute atomic E-state index is 10.9. The minimum Gasteiger partial charge on any atom is -0.271 e. The average Bonchev–Trinajstić information content (AvgIpc) is 1.78. The van der Waals surface area contributed by atoms with Crippen molar-refractivity contribution in [2.24, 2.45) is 22.0 Å². The molecule has 0 unspecified atom stereocenters. The predicted molar refractivity (Wildman–Crippen MR) is 50.5 cm³/mol. The number of nitrogens with two attached hydrogens (primary N) is 4. The number of nitrogens with zero attached hydrogens (tertiary/aromatic N) is 1. The molecule has 9 N–H and O–H groups in total. The molecular formula is CH12N6O2P2S. The van der Waals surface area contributed by atoms with Gasteiger partial charge in [-0.2, -0.15) is 8.57 Å². The second-order valence-electron chi connectivity index (χ2n) is 2.03. The molecule has 0 atom stereocenters. The van der Waals surface area contributed by atoms with Crippen molar-refractivity contribution in [3.8, 4) is 0 Å². The van der Waals surface area contributed by atoms with Crippen LogP contribution >= 0.6 is 27.3 Å². The van der Waals surface area contributed by atoms with Gasteiger partial charge in [0.2, 0.25) is 0 Å². The molecule has 0 spiro atoms. The fourth-order valence-electron chi connectivity index (χ4n) is 0.187. The molecular weight excluding hydrogens is 222 g/mol. The molecule has 0 bridgehead atoms. The Morgan fingerprint density at radius 3 is 1.92 bits per heavy atom. The number of hydrogen-bond donors (Lipinski definition) is 5. The van der Waals surface area contributed by atoms with Crippen LogP contribution in [0.2, 0.25) is 0 Å². The van der Waals surface area contributed by atoms with Crippen molar-refractivity contribution in [1.29, 1.82) is 0 Å². The number of rotatable bonds is 4. The Morgan fingerprint density at radius 2 is 1.67 bits per heavy atom. The fourth-order valence-corrected chi connectivity index (χ4v) is 2.01. The third-order valence-corrected chi connectivity index (χ3v) is 4.38. The lowest BCUT2D eigenvalue weighted by Gasteiger charge is -2.19. The van der Waals surface area contributed by atoms with Gasteiger partial charge < -0.3 is 0 Å². The van der Waals surface area contributed by atoms with E-state index >= 15 is 0 Å². The number of hydrogen-bond acceptors (Lipinski definition) is 3. The Bertz CT molecular complexity index is 232. The summed E-state index contributed by atoms with van der Waals surface area (Å²) in [4.78, 5) is 0. The van der Waals surface area contributed by atoms with E-state index in [2.05, 4.69) is 4.49 Å². The second-order valence-corrected chi connectivity index (χ2v) is 7.12. The van der Waals surface area contributed by atoms with Gasteiger partial charge in [0.15, 0.2) is 0 Å². The summed E-state index contributed by atoms with van der Waals surface area (Å²) in [5.74, 6) is 0. The molecule has 0 rings (SSSR count). The van der Waals surface area contributed by atoms with Crippen LogP contribution in [0.1, 0.15) is 0 Å². The van der Waals surface area contributed by atoms with E-state index in [1.807, 2.05) is 0 Å². The predicted octanol–water partition coefficient (Wildman–Crippen LogP) is -0.878. The first kappa shape index (κ1) is 12.6. The van der Waals surface area contributed by atoms with Crippen molar-refractivity contribution < 1.29 is 9.13 Å². The largest absolute Gasteiger partial charge is 0.286 e. The lowest BCUT2D eigenvalue weighted by molar-refractivity contribution is 0.552. The summed E-state index contributed by atoms with van der Waals surface area (Å²) in [5, 5.41) is 0. The Kier molecular flexibility index (Phi) is 4.39. The minimum absolute atomic E-state index is 0.647. The first-order valence-corrected chi connectivity index (χ1v) is 7.07. The van der Waals surface area contributed by atoms with Gasteiger partial charge >= 0.3 is 0 Å². The van der Waals surface area contributed by atoms with Crippen LogP contribution in [0.4, 0.5) is 0 Å². The van der Waals surface area contributed by atoms with Crippen LogP contribution in [-0.4, -0.2) is 11.1 Å². The Balaban J connectivity index is 3.97. The van der Waals surface area contributed by atoms with Crippen molar-refractivity contribution in [1.82, 2.24) is 8.57 Å². The highest BCUT2D eigenvalue weighted by atomic mass is 32.2. The highest BCUT2D eigenvalue weighted by molar-refractivity contribution is 8.04. The topological polar surface area (TPSA) is 153 Å². The summed E-state index contributed by atoms with van der Waals surface area (Å²) in [5.41, 5.74) is 19.9. The van der Waals surface area contributed by atoms with Crippen LogP contribution < -0.4 is 26.5 Å². The van der Waals surface area contributed by atoms with E-state index in [-0.39, 0.29) is 0 Å². The van der Waals surface area contributed by atoms with Gasteiger partial charge in [-0.25, -0.2) is 0 Å². The van der Waals surface area contributed by atoms with Crippen LogP contribution in [0.25, 0.3) is 0 Å². The quantitative estimate of drug-likeness (QED) is 0.308. The molecule has 0 aliphatic carbocycles. The molecule has 11 heteroatoms. The fraction of sp³-hybridized carbons (Fsp3) is 1.00. The Hall–Kier alpha value is 0.570. The Morgan fingerprint density at radius 1 is 1.25 bits per heavy atom. The minimum atomic E-state index is -3.35. The molecule has 74 valence electrons. The summed E-state index contributed by atoms with van der Waals surface area (Å²) in [6.07, 6.45) is 0. The zero-order chi connectivity index (χ0) is 9.99. The molecule has 0 radical (unpaired) electrons. The van der Waals surface area contributed by atoms with Crippen LogP contribution in [0.15, 0.2) is 0 Å². The monoisotopic (exact) mass is 234 g/mol. The maximum atomic E-state index is 10.9. The third kappa shape index (κ3) is 6.13. The average molecular weight is 234 g/mol. The van der Waals surface area contributed by atoms with Gasteiger partial charge in [-0.15, -0.1) is 0 Å². The molecule has 0 aliphatic rings. The van der Waals surface area contributed by atoms with Gasteiger partial charge in [-0.05, 0) is 0 Å². The van der Waals surface area contributed by atoms with Crippen LogP contribution in [0, 0.1) is 0 Å². The van der Waals surface area contributed by atoms with Gasteiger partial charge in [0.05, 0.1) is 0 Å². The molecule has 0 aromatic heterocycles. The molecule has 0 amide bonds. The maximum Gasteiger partial charge on any atom is 0.286 e. The molecule has 0 aliphatic heterocycles. The first-order valence-electron chi connectivity index (χ1n) is 2.66. The smallest absolute Gasteiger partial charge is 0.271 e. The summed E-state index contributed by atoms with van der Waals surface area (Å²) in [7, 11) is -5.34. The molecule has 0 aromatic rings. The van der Waals surface area contributed by atoms with Gasteiger partial charge in [-0.3, -0.25) is 31.1 Å². The molecule has 0 fully saturated rings. The van der Waals surface area contributed by atoms with Gasteiger partial charge in [-0.1, -0.05) is 0 Å². The Labute approximate surface area is 74.7 Å². The molecule has 0 saturated carbocycles. The first-order chi connectivity index (χ1) is 5.13. The standard InChI is InChI=1S/CH12N6O2P2S/c1-7(11(4,5)9)12-6-10(2,3)8/h1H3,(H4,4,5,9)(H5,2,3,6,8). The van der Waals surface area contributed by atoms with Crippen molar-refractivity contribution in [3.63, 3.8) is 0 Å². The van der Waals surface area contributed by atoms with E-state index in [9.17, 15) is 9.13 Å². The van der Waals surface area contributed by atoms with E-state index in [1.165, 1.54) is 7.05 Å². The highest BCUT2D eigenvalue weighted by Crippen LogP contribution is 2.37. The van der Waals surface area contributed by atoms with Gasteiger partial charge in [0, 0.05) is 19.2 Å². The van der Waals surface area contributed by atoms with Crippen molar-refractivity contribution >= 4 is 27.3 Å². The zero-order valence-electron chi connectivity index (χ0n) is 6.38. The van der Waals surface area contributed by atoms with Gasteiger partial charge in [0.25, 0.3) is 15.2 Å². The number of nitrogens with one attached hydrogen (secondary N) is 1. The van der Waals surface area contributed by atoms with Crippen molar-refractivity contribution in [2.75, 3.05) is 7.05 Å². The molecule has 8 nitrogen and oxygen atoms in total. The van der Waals surface area contributed by atoms with Crippen LogP contribution in [0.3, 0.4) is 0 Å². The summed E-state index contributed by atoms with van der Waals surface area (Å²) < 4.78 is 24.7. The molecule has 0 aromatic carbocycles. The van der Waals surface area contributed by atoms with E-state index in [1.54, 1.807) is 0 Å². The van der Waals surface area contributed by atoms with E-state index in [0.717, 1.165) is 4.08 Å². The highest BCUT2D eigenvalue weighted by Gasteiger charge is 2.19. The van der Waals surface area contributed by atoms with E-state index < -0.39 is 15.2 Å². The summed E-state index contributed by atoms with van der Waals surface area (Å²) in [6.45, 7) is 0. The SMILES string of the molecule is CN(SNP(N)(N)=O)P(N)(N)=O. The van der Waals surface area contributed by atoms with E-state index in [0.29, 0.717) is 12.1 Å². The van der Waals surface area contributed by atoms with Crippen molar-refractivity contribution in [2.45, 2.75) is 0 Å². The second kappa shape index (κ2) is 4.19. The normalized spacial score (nSPS) is 13.8. The lowest BCUT2D eigenvalue weighted by Crippen LogP contribution is -2.25. The zero-order valence-corrected chi connectivity index (χ0v) is 8.98. The summed E-state index contributed by atoms with van der Waals surface area (Å²) in [6, 6.07) is 0. The van der Waals surface area contributed by atoms with Crippen LogP contribution in [0.5, 0.6) is 0 Å². The van der Waals surface area contributed by atoms with Gasteiger partial charge in [0.1, 0.15) is 0 Å². The molecule has 0 saturated heterocycles. The molecule has 0 heterocycles. The third-order valence-electron chi connectivity index (χ3n) is 0.756.